The number of thiazole rings is 1. The molecule has 2 atom stereocenters. The third kappa shape index (κ3) is 3.00. The lowest BCUT2D eigenvalue weighted by Crippen LogP contribution is -2.42. The van der Waals surface area contributed by atoms with E-state index < -0.39 is 33.7 Å². The van der Waals surface area contributed by atoms with Gasteiger partial charge in [-0.2, -0.15) is 0 Å². The van der Waals surface area contributed by atoms with Gasteiger partial charge in [0.25, 0.3) is 5.91 Å². The number of rotatable bonds is 3. The van der Waals surface area contributed by atoms with E-state index in [1.165, 1.54) is 21.8 Å². The van der Waals surface area contributed by atoms with Gasteiger partial charge in [-0.15, -0.1) is 11.3 Å². The Labute approximate surface area is 152 Å². The molecule has 1 aromatic carbocycles. The number of aromatic nitrogens is 2. The lowest BCUT2D eigenvalue weighted by atomic mass is 10.1. The van der Waals surface area contributed by atoms with E-state index in [1.54, 1.807) is 29.8 Å². The van der Waals surface area contributed by atoms with Crippen molar-refractivity contribution in [3.63, 3.8) is 0 Å². The molecule has 136 valence electrons. The van der Waals surface area contributed by atoms with Crippen molar-refractivity contribution in [1.82, 2.24) is 14.7 Å². The molecule has 1 saturated heterocycles. The van der Waals surface area contributed by atoms with Crippen LogP contribution in [0, 0.1) is 5.82 Å². The number of fused-ring (bicyclic) bond motifs is 1. The van der Waals surface area contributed by atoms with Crippen LogP contribution in [0.4, 0.5) is 4.39 Å². The van der Waals surface area contributed by atoms with E-state index in [9.17, 15) is 22.7 Å². The van der Waals surface area contributed by atoms with Crippen LogP contribution >= 0.6 is 11.3 Å². The summed E-state index contributed by atoms with van der Waals surface area (Å²) >= 11 is 1.21. The number of halogens is 1. The van der Waals surface area contributed by atoms with Gasteiger partial charge >= 0.3 is 0 Å². The standard InChI is InChI=1S/C16H14FN3O4S2/c17-10-4-2-1-3-9(10)11-5-20-13(6-25-16(20)19-11)15(22)18-12-7-26(23,24)8-14(12)21/h1-6,12,14,21H,7-8H2,(H,18,22)/t12-,14-/m1/s1. The number of nitrogens with zero attached hydrogens (tertiary/aromatic N) is 2. The van der Waals surface area contributed by atoms with Crippen molar-refractivity contribution >= 4 is 32.0 Å². The molecule has 10 heteroatoms. The zero-order valence-electron chi connectivity index (χ0n) is 13.3. The summed E-state index contributed by atoms with van der Waals surface area (Å²) in [5.74, 6) is -1.59. The van der Waals surface area contributed by atoms with Crippen molar-refractivity contribution in [2.24, 2.45) is 0 Å². The van der Waals surface area contributed by atoms with Crippen molar-refractivity contribution in [1.29, 1.82) is 0 Å². The molecular weight excluding hydrogens is 381 g/mol. The molecular formula is C16H14FN3O4S2. The highest BCUT2D eigenvalue weighted by Gasteiger charge is 2.37. The maximum absolute atomic E-state index is 13.9. The average molecular weight is 395 g/mol. The Morgan fingerprint density at radius 3 is 2.81 bits per heavy atom. The molecule has 1 aliphatic heterocycles. The molecule has 3 aromatic rings. The fourth-order valence-electron chi connectivity index (χ4n) is 2.96. The van der Waals surface area contributed by atoms with Crippen molar-refractivity contribution in [3.05, 3.63) is 47.4 Å². The first-order valence-electron chi connectivity index (χ1n) is 7.75. The Hall–Kier alpha value is -2.30. The number of amides is 1. The summed E-state index contributed by atoms with van der Waals surface area (Å²) < 4.78 is 38.6. The quantitative estimate of drug-likeness (QED) is 0.691. The van der Waals surface area contributed by atoms with E-state index in [1.807, 2.05) is 0 Å². The number of aliphatic hydroxyl groups is 1. The molecule has 26 heavy (non-hydrogen) atoms. The second-order valence-electron chi connectivity index (χ2n) is 6.10. The third-order valence-electron chi connectivity index (χ3n) is 4.23. The van der Waals surface area contributed by atoms with Gasteiger partial charge in [0.15, 0.2) is 14.8 Å². The van der Waals surface area contributed by atoms with Crippen LogP contribution in [0.2, 0.25) is 0 Å². The van der Waals surface area contributed by atoms with Crippen LogP contribution in [0.5, 0.6) is 0 Å². The number of sulfone groups is 1. The highest BCUT2D eigenvalue weighted by atomic mass is 32.2. The molecule has 0 aliphatic carbocycles. The van der Waals surface area contributed by atoms with Crippen LogP contribution in [0.25, 0.3) is 16.2 Å². The molecule has 0 bridgehead atoms. The Kier molecular flexibility index (Phi) is 4.05. The van der Waals surface area contributed by atoms with Gasteiger partial charge in [-0.25, -0.2) is 17.8 Å². The first kappa shape index (κ1) is 17.1. The van der Waals surface area contributed by atoms with Crippen LogP contribution in [0.1, 0.15) is 10.5 Å². The highest BCUT2D eigenvalue weighted by Crippen LogP contribution is 2.25. The maximum atomic E-state index is 13.9. The molecule has 1 amide bonds. The van der Waals surface area contributed by atoms with Gasteiger partial charge in [-0.3, -0.25) is 9.20 Å². The van der Waals surface area contributed by atoms with Gasteiger partial charge in [0.1, 0.15) is 11.5 Å². The molecule has 3 heterocycles. The van der Waals surface area contributed by atoms with E-state index in [0.29, 0.717) is 16.2 Å². The minimum absolute atomic E-state index is 0.247. The summed E-state index contributed by atoms with van der Waals surface area (Å²) in [6.07, 6.45) is 0.427. The van der Waals surface area contributed by atoms with Crippen molar-refractivity contribution < 1.29 is 22.7 Å². The molecule has 0 saturated carbocycles. The van der Waals surface area contributed by atoms with Crippen LogP contribution in [-0.4, -0.2) is 52.5 Å². The Balaban J connectivity index is 1.63. The molecule has 2 N–H and O–H groups in total. The Morgan fingerprint density at radius 2 is 2.12 bits per heavy atom. The second-order valence-corrected chi connectivity index (χ2v) is 9.09. The Morgan fingerprint density at radius 1 is 1.35 bits per heavy atom. The summed E-state index contributed by atoms with van der Waals surface area (Å²) in [4.78, 5) is 17.4. The van der Waals surface area contributed by atoms with E-state index in [-0.39, 0.29) is 17.2 Å². The predicted octanol–water partition coefficient (Wildman–Crippen LogP) is 1.09. The lowest BCUT2D eigenvalue weighted by Gasteiger charge is -2.14. The molecule has 7 nitrogen and oxygen atoms in total. The zero-order chi connectivity index (χ0) is 18.5. The number of nitrogens with one attached hydrogen (secondary N) is 1. The van der Waals surface area contributed by atoms with Gasteiger partial charge < -0.3 is 10.4 Å². The van der Waals surface area contributed by atoms with Crippen LogP contribution in [0.15, 0.2) is 35.8 Å². The summed E-state index contributed by atoms with van der Waals surface area (Å²) in [6, 6.07) is 5.36. The SMILES string of the molecule is O=C(N[C@@H]1CS(=O)(=O)C[C@H]1O)c1csc2nc(-c3ccccc3F)cn12. The zero-order valence-corrected chi connectivity index (χ0v) is 14.9. The number of benzene rings is 1. The second kappa shape index (κ2) is 6.15. The van der Waals surface area contributed by atoms with E-state index >= 15 is 0 Å². The first-order valence-corrected chi connectivity index (χ1v) is 10.4. The van der Waals surface area contributed by atoms with Crippen LogP contribution in [-0.2, 0) is 9.84 Å². The lowest BCUT2D eigenvalue weighted by molar-refractivity contribution is 0.0883. The van der Waals surface area contributed by atoms with Gasteiger partial charge in [-0.05, 0) is 12.1 Å². The number of carbonyl (C=O) groups is 1. The Bertz CT molecular complexity index is 1110. The number of hydrogen-bond donors (Lipinski definition) is 2. The normalized spacial score (nSPS) is 21.9. The van der Waals surface area contributed by atoms with Crippen LogP contribution < -0.4 is 5.32 Å². The van der Waals surface area contributed by atoms with Crippen molar-refractivity contribution in [3.8, 4) is 11.3 Å². The first-order chi connectivity index (χ1) is 12.3. The van der Waals surface area contributed by atoms with Gasteiger partial charge in [0.05, 0.1) is 29.3 Å². The van der Waals surface area contributed by atoms with E-state index in [2.05, 4.69) is 10.3 Å². The molecule has 0 spiro atoms. The highest BCUT2D eigenvalue weighted by molar-refractivity contribution is 7.91. The van der Waals surface area contributed by atoms with Gasteiger partial charge in [-0.1, -0.05) is 12.1 Å². The fourth-order valence-corrected chi connectivity index (χ4v) is 5.55. The summed E-state index contributed by atoms with van der Waals surface area (Å²) in [6.45, 7) is 0. The largest absolute Gasteiger partial charge is 0.390 e. The number of aliphatic hydroxyl groups excluding tert-OH is 1. The summed E-state index contributed by atoms with van der Waals surface area (Å²) in [5, 5.41) is 14.0. The summed E-state index contributed by atoms with van der Waals surface area (Å²) in [5.41, 5.74) is 0.969. The number of hydrogen-bond acceptors (Lipinski definition) is 6. The molecule has 1 aliphatic rings. The molecule has 4 rings (SSSR count). The van der Waals surface area contributed by atoms with Crippen LogP contribution in [0.3, 0.4) is 0 Å². The smallest absolute Gasteiger partial charge is 0.269 e. The maximum Gasteiger partial charge on any atom is 0.269 e. The topological polar surface area (TPSA) is 101 Å². The molecule has 2 aromatic heterocycles. The molecule has 0 radical (unpaired) electrons. The van der Waals surface area contributed by atoms with E-state index in [0.717, 1.165) is 0 Å². The van der Waals surface area contributed by atoms with Crippen molar-refractivity contribution in [2.45, 2.75) is 12.1 Å². The number of carbonyl (C=O) groups excluding carboxylic acids is 1. The predicted molar refractivity (Wildman–Crippen MR) is 94.4 cm³/mol. The van der Waals surface area contributed by atoms with Crippen molar-refractivity contribution in [2.75, 3.05) is 11.5 Å². The van der Waals surface area contributed by atoms with Gasteiger partial charge in [0, 0.05) is 17.1 Å². The molecule has 0 unspecified atom stereocenters. The monoisotopic (exact) mass is 395 g/mol. The molecule has 1 fully saturated rings. The van der Waals surface area contributed by atoms with Gasteiger partial charge in [0.2, 0.25) is 0 Å². The number of imidazole rings is 1. The minimum atomic E-state index is -3.36. The fraction of sp³-hybridized carbons (Fsp3) is 0.250. The average Bonchev–Trinajstić information content (AvgIpc) is 3.20. The third-order valence-corrected chi connectivity index (χ3v) is 6.79. The van der Waals surface area contributed by atoms with E-state index in [4.69, 9.17) is 0 Å². The minimum Gasteiger partial charge on any atom is -0.390 e. The summed E-state index contributed by atoms with van der Waals surface area (Å²) in [7, 11) is -3.36.